The smallest absolute Gasteiger partial charge is 0.299 e. The normalized spacial score (nSPS) is 29.6. The molecule has 1 aromatic rings. The average molecular weight is 315 g/mol. The molecule has 1 aromatic carbocycles. The number of rotatable bonds is 3. The first-order chi connectivity index (χ1) is 9.88. The quantitative estimate of drug-likeness (QED) is 0.855. The van der Waals surface area contributed by atoms with Gasteiger partial charge in [-0.2, -0.15) is 13.2 Å². The predicted molar refractivity (Wildman–Crippen MR) is 75.6 cm³/mol. The number of alkyl halides is 3. The zero-order valence-corrected chi connectivity index (χ0v) is 12.3. The second kappa shape index (κ2) is 5.32. The maximum absolute atomic E-state index is 12.8. The summed E-state index contributed by atoms with van der Waals surface area (Å²) in [7, 11) is 0. The van der Waals surface area contributed by atoms with Crippen molar-refractivity contribution in [3.8, 4) is 0 Å². The van der Waals surface area contributed by atoms with E-state index in [4.69, 9.17) is 0 Å². The van der Waals surface area contributed by atoms with Crippen molar-refractivity contribution in [1.29, 1.82) is 0 Å². The second-order valence-electron chi connectivity index (χ2n) is 5.78. The van der Waals surface area contributed by atoms with Gasteiger partial charge in [0.15, 0.2) is 0 Å². The van der Waals surface area contributed by atoms with Crippen molar-refractivity contribution in [2.75, 3.05) is 0 Å². The van der Waals surface area contributed by atoms with Gasteiger partial charge in [-0.25, -0.2) is 0 Å². The van der Waals surface area contributed by atoms with E-state index in [9.17, 15) is 18.0 Å². The summed E-state index contributed by atoms with van der Waals surface area (Å²) in [6.45, 7) is 1.56. The van der Waals surface area contributed by atoms with Gasteiger partial charge in [0, 0.05) is 12.0 Å². The van der Waals surface area contributed by atoms with E-state index in [0.717, 1.165) is 18.9 Å². The zero-order chi connectivity index (χ0) is 15.2. The Hall–Kier alpha value is -1.01. The third-order valence-corrected chi connectivity index (χ3v) is 5.49. The van der Waals surface area contributed by atoms with Crippen molar-refractivity contribution in [2.45, 2.75) is 37.2 Å². The van der Waals surface area contributed by atoms with Crippen LogP contribution in [-0.2, 0) is 11.0 Å². The predicted octanol–water partition coefficient (Wildman–Crippen LogP) is 3.98. The summed E-state index contributed by atoms with van der Waals surface area (Å²) in [6, 6.07) is 5.26. The number of hydrogen-bond acceptors (Lipinski definition) is 3. The van der Waals surface area contributed by atoms with Gasteiger partial charge in [0.1, 0.15) is 5.78 Å². The minimum Gasteiger partial charge on any atom is -0.299 e. The summed E-state index contributed by atoms with van der Waals surface area (Å²) in [6.07, 6.45) is -2.21. The summed E-state index contributed by atoms with van der Waals surface area (Å²) in [4.78, 5) is 11.8. The Kier molecular flexibility index (Phi) is 3.78. The lowest BCUT2D eigenvalue weighted by molar-refractivity contribution is -0.137. The van der Waals surface area contributed by atoms with Crippen molar-refractivity contribution >= 4 is 17.7 Å². The molecule has 3 rings (SSSR count). The van der Waals surface area contributed by atoms with E-state index in [-0.39, 0.29) is 23.0 Å². The summed E-state index contributed by atoms with van der Waals surface area (Å²) in [5, 5.41) is -0.156. The number of Topliss-reactive ketones (excluding diaryl/α,β-unsaturated/α-hetero) is 1. The van der Waals surface area contributed by atoms with E-state index >= 15 is 0 Å². The van der Waals surface area contributed by atoms with E-state index in [0.29, 0.717) is 11.5 Å². The van der Waals surface area contributed by atoms with Crippen LogP contribution in [0.1, 0.15) is 36.9 Å². The molecule has 2 nitrogen and oxygen atoms in total. The molecule has 114 valence electrons. The fourth-order valence-corrected chi connectivity index (χ4v) is 4.32. The van der Waals surface area contributed by atoms with Crippen molar-refractivity contribution < 1.29 is 18.0 Å². The molecule has 6 heteroatoms. The van der Waals surface area contributed by atoms with Gasteiger partial charge < -0.3 is 0 Å². The SMILES string of the molecule is CC(=O)C1SNC(c2cccc(C(F)(F)F)c2)C1C1CC1. The van der Waals surface area contributed by atoms with E-state index in [1.807, 2.05) is 0 Å². The minimum absolute atomic E-state index is 0.0935. The summed E-state index contributed by atoms with van der Waals surface area (Å²) in [5.41, 5.74) is -0.00871. The van der Waals surface area contributed by atoms with Crippen LogP contribution in [0.4, 0.5) is 13.2 Å². The lowest BCUT2D eigenvalue weighted by Crippen LogP contribution is -2.26. The lowest BCUT2D eigenvalue weighted by Gasteiger charge is -2.22. The van der Waals surface area contributed by atoms with E-state index < -0.39 is 11.7 Å². The molecule has 21 heavy (non-hydrogen) atoms. The first kappa shape index (κ1) is 14.9. The molecule has 2 aliphatic rings. The Morgan fingerprint density at radius 1 is 1.33 bits per heavy atom. The Morgan fingerprint density at radius 2 is 2.05 bits per heavy atom. The van der Waals surface area contributed by atoms with Crippen LogP contribution in [0.15, 0.2) is 24.3 Å². The van der Waals surface area contributed by atoms with Gasteiger partial charge in [-0.3, -0.25) is 9.52 Å². The maximum Gasteiger partial charge on any atom is 0.416 e. The Morgan fingerprint density at radius 3 is 2.62 bits per heavy atom. The van der Waals surface area contributed by atoms with E-state index in [1.54, 1.807) is 13.0 Å². The van der Waals surface area contributed by atoms with Gasteiger partial charge in [-0.05, 0) is 43.4 Å². The van der Waals surface area contributed by atoms with Crippen LogP contribution in [0.2, 0.25) is 0 Å². The molecule has 2 fully saturated rings. The van der Waals surface area contributed by atoms with Gasteiger partial charge >= 0.3 is 6.18 Å². The van der Waals surface area contributed by atoms with Crippen molar-refractivity contribution in [2.24, 2.45) is 11.8 Å². The van der Waals surface area contributed by atoms with Crippen LogP contribution in [0, 0.1) is 11.8 Å². The molecule has 3 unspecified atom stereocenters. The topological polar surface area (TPSA) is 29.1 Å². The van der Waals surface area contributed by atoms with Gasteiger partial charge in [-0.15, -0.1) is 0 Å². The Labute approximate surface area is 125 Å². The van der Waals surface area contributed by atoms with Crippen LogP contribution in [-0.4, -0.2) is 11.0 Å². The highest BCUT2D eigenvalue weighted by atomic mass is 32.2. The third kappa shape index (κ3) is 2.97. The van der Waals surface area contributed by atoms with Gasteiger partial charge in [-0.1, -0.05) is 24.1 Å². The second-order valence-corrected chi connectivity index (χ2v) is 6.76. The fourth-order valence-electron chi connectivity index (χ4n) is 3.03. The van der Waals surface area contributed by atoms with Gasteiger partial charge in [0.05, 0.1) is 10.8 Å². The molecule has 1 aliphatic carbocycles. The molecule has 1 heterocycles. The summed E-state index contributed by atoms with van der Waals surface area (Å²) in [5.74, 6) is 0.635. The number of benzene rings is 1. The highest BCUT2D eigenvalue weighted by Gasteiger charge is 2.48. The van der Waals surface area contributed by atoms with E-state index in [2.05, 4.69) is 4.72 Å². The Bertz CT molecular complexity index is 556. The van der Waals surface area contributed by atoms with Crippen molar-refractivity contribution in [1.82, 2.24) is 4.72 Å². The number of carbonyl (C=O) groups excluding carboxylic acids is 1. The largest absolute Gasteiger partial charge is 0.416 e. The molecular formula is C15H16F3NOS. The molecule has 0 spiro atoms. The molecular weight excluding hydrogens is 299 g/mol. The molecule has 3 atom stereocenters. The van der Waals surface area contributed by atoms with Crippen LogP contribution in [0.25, 0.3) is 0 Å². The molecule has 0 aromatic heterocycles. The van der Waals surface area contributed by atoms with Gasteiger partial charge in [0.25, 0.3) is 0 Å². The Balaban J connectivity index is 1.91. The molecule has 0 amide bonds. The monoisotopic (exact) mass is 315 g/mol. The summed E-state index contributed by atoms with van der Waals surface area (Å²) >= 11 is 1.36. The van der Waals surface area contributed by atoms with Crippen LogP contribution < -0.4 is 4.72 Å². The molecule has 1 saturated carbocycles. The standard InChI is InChI=1S/C15H16F3NOS/c1-8(20)14-12(9-5-6-9)13(19-21-14)10-3-2-4-11(7-10)15(16,17)18/h2-4,7,9,12-14,19H,5-6H2,1H3. The molecule has 1 saturated heterocycles. The van der Waals surface area contributed by atoms with Crippen molar-refractivity contribution in [3.63, 3.8) is 0 Å². The first-order valence-electron chi connectivity index (χ1n) is 6.96. The zero-order valence-electron chi connectivity index (χ0n) is 11.5. The fraction of sp³-hybridized carbons (Fsp3) is 0.533. The van der Waals surface area contributed by atoms with Crippen LogP contribution in [0.3, 0.4) is 0 Å². The molecule has 1 aliphatic heterocycles. The third-order valence-electron chi connectivity index (χ3n) is 4.20. The molecule has 0 radical (unpaired) electrons. The highest BCUT2D eigenvalue weighted by molar-refractivity contribution is 7.99. The number of hydrogen-bond donors (Lipinski definition) is 1. The molecule has 0 bridgehead atoms. The molecule has 1 N–H and O–H groups in total. The lowest BCUT2D eigenvalue weighted by atomic mass is 9.85. The van der Waals surface area contributed by atoms with Crippen LogP contribution >= 0.6 is 11.9 Å². The maximum atomic E-state index is 12.8. The van der Waals surface area contributed by atoms with E-state index in [1.165, 1.54) is 24.1 Å². The number of nitrogens with one attached hydrogen (secondary N) is 1. The minimum atomic E-state index is -4.34. The van der Waals surface area contributed by atoms with Crippen molar-refractivity contribution in [3.05, 3.63) is 35.4 Å². The highest BCUT2D eigenvalue weighted by Crippen LogP contribution is 2.52. The summed E-state index contributed by atoms with van der Waals surface area (Å²) < 4.78 is 41.7. The van der Waals surface area contributed by atoms with Gasteiger partial charge in [0.2, 0.25) is 0 Å². The average Bonchev–Trinajstić information content (AvgIpc) is 3.16. The number of ketones is 1. The number of halogens is 3. The number of carbonyl (C=O) groups is 1. The first-order valence-corrected chi connectivity index (χ1v) is 7.84. The van der Waals surface area contributed by atoms with Crippen LogP contribution in [0.5, 0.6) is 0 Å².